The van der Waals surface area contributed by atoms with E-state index in [-0.39, 0.29) is 0 Å². The second kappa shape index (κ2) is 7.59. The van der Waals surface area contributed by atoms with E-state index in [1.807, 2.05) is 62.2 Å². The smallest absolute Gasteiger partial charge is 0.323 e. The minimum atomic E-state index is -1.08. The Kier molecular flexibility index (Phi) is 5.27. The second-order valence-corrected chi connectivity index (χ2v) is 5.41. The van der Waals surface area contributed by atoms with Gasteiger partial charge in [-0.2, -0.15) is 5.10 Å². The summed E-state index contributed by atoms with van der Waals surface area (Å²) in [4.78, 5) is 11.0. The van der Waals surface area contributed by atoms with Crippen LogP contribution in [-0.2, 0) is 11.3 Å². The second-order valence-electron chi connectivity index (χ2n) is 5.41. The molecular formula is C18H18N3O3. The third-order valence-corrected chi connectivity index (χ3v) is 3.77. The molecule has 1 saturated carbocycles. The number of carboxylic acid groups (broad SMARTS) is 1. The lowest BCUT2D eigenvalue weighted by Gasteiger charge is -2.12. The van der Waals surface area contributed by atoms with Gasteiger partial charge in [0.1, 0.15) is 6.04 Å². The van der Waals surface area contributed by atoms with Crippen molar-refractivity contribution in [3.05, 3.63) is 79.4 Å². The lowest BCUT2D eigenvalue weighted by atomic mass is 10.0. The number of carbonyl (C=O) groups is 1. The van der Waals surface area contributed by atoms with Crippen LogP contribution in [-0.4, -0.2) is 38.6 Å². The molecule has 0 amide bonds. The molecular weight excluding hydrogens is 306 g/mol. The first kappa shape index (κ1) is 16.7. The molecule has 5 radical (unpaired) electrons. The van der Waals surface area contributed by atoms with Gasteiger partial charge in [0.2, 0.25) is 0 Å². The maximum atomic E-state index is 11.0. The summed E-state index contributed by atoms with van der Waals surface area (Å²) in [5.41, 5.74) is 2.58. The van der Waals surface area contributed by atoms with Crippen LogP contribution in [0.4, 0.5) is 0 Å². The minimum Gasteiger partial charge on any atom is -0.480 e. The zero-order valence-electron chi connectivity index (χ0n) is 13.0. The number of aliphatic hydroxyl groups is 1. The Hall–Kier alpha value is -2.18. The van der Waals surface area contributed by atoms with Crippen LogP contribution in [0.1, 0.15) is 11.3 Å². The minimum absolute atomic E-state index is 0.297. The number of hydrogen-bond acceptors (Lipinski definition) is 4. The average Bonchev–Trinajstić information content (AvgIpc) is 3.25. The zero-order chi connectivity index (χ0) is 16.9. The fraction of sp³-hybridized carbons (Fsp3) is 0.167. The molecule has 0 spiro atoms. The van der Waals surface area contributed by atoms with Crippen LogP contribution < -0.4 is 5.32 Å². The van der Waals surface area contributed by atoms with Crippen molar-refractivity contribution in [3.8, 4) is 5.69 Å². The molecule has 1 aromatic carbocycles. The first-order chi connectivity index (χ1) is 11.7. The van der Waals surface area contributed by atoms with Gasteiger partial charge in [-0.25, -0.2) is 4.68 Å². The summed E-state index contributed by atoms with van der Waals surface area (Å²) >= 11 is 0. The number of hydrogen-bond donors (Lipinski definition) is 3. The summed E-state index contributed by atoms with van der Waals surface area (Å²) < 4.78 is 1.77. The van der Waals surface area contributed by atoms with Crippen molar-refractivity contribution in [2.75, 3.05) is 6.61 Å². The number of para-hydroxylation sites is 1. The molecule has 1 atom stereocenters. The lowest BCUT2D eigenvalue weighted by Crippen LogP contribution is -2.39. The molecule has 0 unspecified atom stereocenters. The van der Waals surface area contributed by atoms with Crippen molar-refractivity contribution in [2.24, 2.45) is 0 Å². The van der Waals surface area contributed by atoms with E-state index in [1.165, 1.54) is 0 Å². The van der Waals surface area contributed by atoms with Crippen LogP contribution in [0.2, 0.25) is 0 Å². The molecule has 6 heteroatoms. The molecule has 1 aliphatic carbocycles. The predicted molar refractivity (Wildman–Crippen MR) is 88.5 cm³/mol. The molecule has 1 aliphatic rings. The summed E-state index contributed by atoms with van der Waals surface area (Å²) in [5.74, 6) is -0.111. The van der Waals surface area contributed by atoms with Gasteiger partial charge >= 0.3 is 5.97 Å². The van der Waals surface area contributed by atoms with Gasteiger partial charge in [-0.3, -0.25) is 10.1 Å². The van der Waals surface area contributed by atoms with E-state index in [9.17, 15) is 4.79 Å². The highest BCUT2D eigenvalue weighted by atomic mass is 16.4. The van der Waals surface area contributed by atoms with Gasteiger partial charge in [0.15, 0.2) is 0 Å². The summed E-state index contributed by atoms with van der Waals surface area (Å²) in [6.07, 6.45) is 9.66. The molecule has 0 bridgehead atoms. The zero-order valence-corrected chi connectivity index (χ0v) is 13.0. The molecule has 3 N–H and O–H groups in total. The van der Waals surface area contributed by atoms with Crippen LogP contribution in [0.25, 0.3) is 5.69 Å². The van der Waals surface area contributed by atoms with Gasteiger partial charge in [0, 0.05) is 24.2 Å². The number of aliphatic hydroxyl groups excluding tert-OH is 1. The van der Waals surface area contributed by atoms with Gasteiger partial charge in [0.25, 0.3) is 0 Å². The quantitative estimate of drug-likeness (QED) is 0.711. The molecule has 0 aliphatic heterocycles. The van der Waals surface area contributed by atoms with Crippen LogP contribution in [0.15, 0.2) is 36.5 Å². The van der Waals surface area contributed by atoms with Crippen LogP contribution in [0, 0.1) is 31.6 Å². The topological polar surface area (TPSA) is 87.4 Å². The van der Waals surface area contributed by atoms with Crippen LogP contribution in [0.3, 0.4) is 0 Å². The van der Waals surface area contributed by atoms with Crippen LogP contribution >= 0.6 is 0 Å². The number of aromatic nitrogens is 2. The molecule has 0 saturated heterocycles. The molecule has 1 heterocycles. The summed E-state index contributed by atoms with van der Waals surface area (Å²) in [6, 6.07) is 8.70. The van der Waals surface area contributed by atoms with E-state index in [4.69, 9.17) is 10.2 Å². The number of carboxylic acids is 1. The largest absolute Gasteiger partial charge is 0.480 e. The predicted octanol–water partition coefficient (Wildman–Crippen LogP) is 1.16. The third-order valence-electron chi connectivity index (χ3n) is 3.77. The Morgan fingerprint density at radius 2 is 1.92 bits per heavy atom. The first-order valence-corrected chi connectivity index (χ1v) is 7.62. The van der Waals surface area contributed by atoms with Crippen molar-refractivity contribution >= 4 is 5.97 Å². The molecule has 123 valence electrons. The fourth-order valence-electron chi connectivity index (χ4n) is 2.49. The molecule has 3 rings (SSSR count). The first-order valence-electron chi connectivity index (χ1n) is 7.62. The lowest BCUT2D eigenvalue weighted by molar-refractivity contribution is -0.140. The van der Waals surface area contributed by atoms with E-state index in [0.717, 1.165) is 22.9 Å². The van der Waals surface area contributed by atoms with Gasteiger partial charge in [-0.15, -0.1) is 0 Å². The Balaban J connectivity index is 1.85. The summed E-state index contributed by atoms with van der Waals surface area (Å²) in [6.45, 7) is -0.168. The van der Waals surface area contributed by atoms with E-state index in [2.05, 4.69) is 10.4 Å². The fourth-order valence-corrected chi connectivity index (χ4v) is 2.49. The molecule has 6 nitrogen and oxygen atoms in total. The SMILES string of the molecule is O=C(O)[C@H](CO)NCc1cn(-c2ccccc2)nc1[C]1[CH][CH][CH][CH]1. The number of aliphatic carboxylic acids is 1. The van der Waals surface area contributed by atoms with Crippen molar-refractivity contribution in [2.45, 2.75) is 12.6 Å². The van der Waals surface area contributed by atoms with Crippen molar-refractivity contribution < 1.29 is 15.0 Å². The van der Waals surface area contributed by atoms with Gasteiger partial charge in [-0.05, 0) is 37.8 Å². The van der Waals surface area contributed by atoms with Crippen LogP contribution in [0.5, 0.6) is 0 Å². The van der Waals surface area contributed by atoms with E-state index in [0.29, 0.717) is 6.54 Å². The van der Waals surface area contributed by atoms with E-state index < -0.39 is 18.6 Å². The monoisotopic (exact) mass is 324 g/mol. The number of rotatable bonds is 7. The maximum absolute atomic E-state index is 11.0. The Morgan fingerprint density at radius 3 is 2.54 bits per heavy atom. The summed E-state index contributed by atoms with van der Waals surface area (Å²) in [5, 5.41) is 25.7. The van der Waals surface area contributed by atoms with Gasteiger partial charge in [0.05, 0.1) is 18.0 Å². The van der Waals surface area contributed by atoms with E-state index >= 15 is 0 Å². The Labute approximate surface area is 141 Å². The number of benzene rings is 1. The number of nitrogens with one attached hydrogen (secondary N) is 1. The van der Waals surface area contributed by atoms with Gasteiger partial charge < -0.3 is 10.2 Å². The summed E-state index contributed by atoms with van der Waals surface area (Å²) in [7, 11) is 0. The Bertz CT molecular complexity index is 678. The standard InChI is InChI=1S/C18H18N3O3/c22-12-16(18(23)24)19-10-14-11-21(15-8-2-1-3-9-15)20-17(14)13-6-4-5-7-13/h1-9,11,16,19,22H,10,12H2,(H,23,24)/t16-/m0/s1. The van der Waals surface area contributed by atoms with Crippen molar-refractivity contribution in [1.82, 2.24) is 15.1 Å². The highest BCUT2D eigenvalue weighted by molar-refractivity contribution is 5.73. The molecule has 1 aromatic heterocycles. The molecule has 1 fully saturated rings. The van der Waals surface area contributed by atoms with Crippen molar-refractivity contribution in [1.29, 1.82) is 0 Å². The highest BCUT2D eigenvalue weighted by Crippen LogP contribution is 2.31. The highest BCUT2D eigenvalue weighted by Gasteiger charge is 2.26. The van der Waals surface area contributed by atoms with Crippen molar-refractivity contribution in [3.63, 3.8) is 0 Å². The maximum Gasteiger partial charge on any atom is 0.323 e. The normalized spacial score (nSPS) is 16.4. The average molecular weight is 324 g/mol. The number of nitrogens with zero attached hydrogens (tertiary/aromatic N) is 2. The van der Waals surface area contributed by atoms with E-state index in [1.54, 1.807) is 4.68 Å². The Morgan fingerprint density at radius 1 is 1.21 bits per heavy atom. The van der Waals surface area contributed by atoms with Gasteiger partial charge in [-0.1, -0.05) is 18.2 Å². The third kappa shape index (κ3) is 3.66. The molecule has 24 heavy (non-hydrogen) atoms. The molecule has 2 aromatic rings.